The van der Waals surface area contributed by atoms with Crippen LogP contribution in [0.5, 0.6) is 5.75 Å². The van der Waals surface area contributed by atoms with E-state index < -0.39 is 11.7 Å². The number of rotatable bonds is 7. The van der Waals surface area contributed by atoms with Gasteiger partial charge in [-0.1, -0.05) is 19.9 Å². The zero-order valence-electron chi connectivity index (χ0n) is 12.2. The van der Waals surface area contributed by atoms with Gasteiger partial charge in [0.1, 0.15) is 5.75 Å². The van der Waals surface area contributed by atoms with Crippen LogP contribution in [0.2, 0.25) is 0 Å². The molecule has 1 aromatic rings. The average molecular weight is 289 g/mol. The van der Waals surface area contributed by atoms with E-state index in [1.54, 1.807) is 13.0 Å². The second-order valence-corrected chi connectivity index (χ2v) is 4.84. The first-order valence-electron chi connectivity index (χ1n) is 6.96. The van der Waals surface area contributed by atoms with Gasteiger partial charge in [0, 0.05) is 6.54 Å². The Kier molecular flexibility index (Phi) is 6.33. The van der Waals surface area contributed by atoms with Gasteiger partial charge in [0.05, 0.1) is 11.7 Å². The summed E-state index contributed by atoms with van der Waals surface area (Å²) < 4.78 is 44.6. The Hall–Kier alpha value is -1.23. The number of ether oxygens (including phenoxy) is 1. The van der Waals surface area contributed by atoms with Gasteiger partial charge in [0.15, 0.2) is 0 Å². The van der Waals surface area contributed by atoms with Crippen molar-refractivity contribution in [2.45, 2.75) is 52.4 Å². The van der Waals surface area contributed by atoms with Gasteiger partial charge in [-0.2, -0.15) is 13.2 Å². The molecule has 1 unspecified atom stereocenters. The van der Waals surface area contributed by atoms with Crippen LogP contribution in [0.15, 0.2) is 18.2 Å². The summed E-state index contributed by atoms with van der Waals surface area (Å²) >= 11 is 0. The quantitative estimate of drug-likeness (QED) is 0.752. The minimum atomic E-state index is -4.40. The molecule has 0 amide bonds. The number of halogens is 3. The summed E-state index contributed by atoms with van der Waals surface area (Å²) in [7, 11) is 0. The monoisotopic (exact) mass is 289 g/mol. The highest BCUT2D eigenvalue weighted by molar-refractivity contribution is 5.39. The lowest BCUT2D eigenvalue weighted by molar-refractivity contribution is -0.139. The summed E-state index contributed by atoms with van der Waals surface area (Å²) in [5.74, 6) is -0.0916. The summed E-state index contributed by atoms with van der Waals surface area (Å²) in [6.45, 7) is 6.86. The lowest BCUT2D eigenvalue weighted by atomic mass is 10.1. The van der Waals surface area contributed by atoms with Crippen molar-refractivity contribution < 1.29 is 17.9 Å². The summed E-state index contributed by atoms with van der Waals surface area (Å²) in [4.78, 5) is 0. The highest BCUT2D eigenvalue weighted by Gasteiger charge is 2.34. The Morgan fingerprint density at radius 2 is 1.95 bits per heavy atom. The SMILES string of the molecule is CCCNCc1ccc(OC(C)CC)c(C(F)(F)F)c1. The Balaban J connectivity index is 2.95. The van der Waals surface area contributed by atoms with E-state index >= 15 is 0 Å². The predicted molar refractivity (Wildman–Crippen MR) is 73.8 cm³/mol. The van der Waals surface area contributed by atoms with Gasteiger partial charge in [-0.15, -0.1) is 0 Å². The number of benzene rings is 1. The molecule has 0 spiro atoms. The lowest BCUT2D eigenvalue weighted by Gasteiger charge is -2.18. The highest BCUT2D eigenvalue weighted by Crippen LogP contribution is 2.37. The Labute approximate surface area is 118 Å². The van der Waals surface area contributed by atoms with E-state index in [2.05, 4.69) is 5.32 Å². The zero-order valence-corrected chi connectivity index (χ0v) is 12.2. The van der Waals surface area contributed by atoms with Crippen molar-refractivity contribution >= 4 is 0 Å². The van der Waals surface area contributed by atoms with Crippen LogP contribution in [-0.4, -0.2) is 12.6 Å². The standard InChI is InChI=1S/C15H22F3NO/c1-4-8-19-10-12-6-7-14(20-11(3)5-2)13(9-12)15(16,17)18/h6-7,9,11,19H,4-5,8,10H2,1-3H3. The van der Waals surface area contributed by atoms with Crippen molar-refractivity contribution in [3.05, 3.63) is 29.3 Å². The molecule has 2 nitrogen and oxygen atoms in total. The van der Waals surface area contributed by atoms with Gasteiger partial charge in [-0.05, 0) is 44.0 Å². The molecule has 0 aliphatic carbocycles. The van der Waals surface area contributed by atoms with E-state index in [0.29, 0.717) is 18.5 Å². The molecule has 20 heavy (non-hydrogen) atoms. The van der Waals surface area contributed by atoms with Crippen molar-refractivity contribution in [1.82, 2.24) is 5.32 Å². The maximum atomic E-state index is 13.1. The first-order chi connectivity index (χ1) is 9.38. The van der Waals surface area contributed by atoms with Crippen LogP contribution in [-0.2, 0) is 12.7 Å². The molecule has 0 saturated carbocycles. The minimum absolute atomic E-state index is 0.0916. The fraction of sp³-hybridized carbons (Fsp3) is 0.600. The summed E-state index contributed by atoms with van der Waals surface area (Å²) in [6.07, 6.45) is -3.03. The molecule has 5 heteroatoms. The van der Waals surface area contributed by atoms with Gasteiger partial charge in [0.2, 0.25) is 0 Å². The molecule has 0 aliphatic rings. The molecular formula is C15H22F3NO. The van der Waals surface area contributed by atoms with E-state index in [9.17, 15) is 13.2 Å². The van der Waals surface area contributed by atoms with E-state index in [-0.39, 0.29) is 11.9 Å². The maximum Gasteiger partial charge on any atom is 0.419 e. The zero-order chi connectivity index (χ0) is 15.2. The van der Waals surface area contributed by atoms with E-state index in [4.69, 9.17) is 4.74 Å². The van der Waals surface area contributed by atoms with Crippen LogP contribution in [0.3, 0.4) is 0 Å². The molecule has 0 heterocycles. The Morgan fingerprint density at radius 1 is 1.25 bits per heavy atom. The third-order valence-electron chi connectivity index (χ3n) is 3.01. The number of hydrogen-bond donors (Lipinski definition) is 1. The topological polar surface area (TPSA) is 21.3 Å². The van der Waals surface area contributed by atoms with Crippen LogP contribution in [0.4, 0.5) is 13.2 Å². The third kappa shape index (κ3) is 5.04. The largest absolute Gasteiger partial charge is 0.490 e. The molecule has 0 radical (unpaired) electrons. The average Bonchev–Trinajstić information content (AvgIpc) is 2.39. The van der Waals surface area contributed by atoms with E-state index in [1.807, 2.05) is 13.8 Å². The first-order valence-corrected chi connectivity index (χ1v) is 6.96. The third-order valence-corrected chi connectivity index (χ3v) is 3.01. The van der Waals surface area contributed by atoms with Crippen molar-refractivity contribution in [2.75, 3.05) is 6.54 Å². The fourth-order valence-corrected chi connectivity index (χ4v) is 1.72. The second kappa shape index (κ2) is 7.53. The lowest BCUT2D eigenvalue weighted by Crippen LogP contribution is -2.17. The highest BCUT2D eigenvalue weighted by atomic mass is 19.4. The molecule has 0 aromatic heterocycles. The normalized spacial score (nSPS) is 13.3. The number of alkyl halides is 3. The molecule has 1 N–H and O–H groups in total. The summed E-state index contributed by atoms with van der Waals surface area (Å²) in [5, 5.41) is 3.09. The van der Waals surface area contributed by atoms with Crippen LogP contribution in [0.25, 0.3) is 0 Å². The number of hydrogen-bond acceptors (Lipinski definition) is 2. The number of nitrogens with one attached hydrogen (secondary N) is 1. The molecule has 1 aromatic carbocycles. The van der Waals surface area contributed by atoms with Crippen molar-refractivity contribution in [2.24, 2.45) is 0 Å². The van der Waals surface area contributed by atoms with Crippen molar-refractivity contribution in [3.63, 3.8) is 0 Å². The Morgan fingerprint density at radius 3 is 2.50 bits per heavy atom. The van der Waals surface area contributed by atoms with Gasteiger partial charge < -0.3 is 10.1 Å². The van der Waals surface area contributed by atoms with Crippen LogP contribution in [0.1, 0.15) is 44.7 Å². The molecular weight excluding hydrogens is 267 g/mol. The van der Waals surface area contributed by atoms with Crippen LogP contribution in [0, 0.1) is 0 Å². The van der Waals surface area contributed by atoms with Gasteiger partial charge in [-0.25, -0.2) is 0 Å². The van der Waals surface area contributed by atoms with Gasteiger partial charge >= 0.3 is 6.18 Å². The molecule has 0 saturated heterocycles. The summed E-state index contributed by atoms with van der Waals surface area (Å²) in [6, 6.07) is 4.26. The van der Waals surface area contributed by atoms with Gasteiger partial charge in [0.25, 0.3) is 0 Å². The molecule has 114 valence electrons. The predicted octanol–water partition coefficient (Wildman–Crippen LogP) is 4.38. The fourth-order valence-electron chi connectivity index (χ4n) is 1.72. The van der Waals surface area contributed by atoms with E-state index in [0.717, 1.165) is 13.0 Å². The maximum absolute atomic E-state index is 13.1. The smallest absolute Gasteiger partial charge is 0.419 e. The van der Waals surface area contributed by atoms with Crippen LogP contribution < -0.4 is 10.1 Å². The van der Waals surface area contributed by atoms with Crippen LogP contribution >= 0.6 is 0 Å². The molecule has 0 fully saturated rings. The van der Waals surface area contributed by atoms with E-state index in [1.165, 1.54) is 12.1 Å². The molecule has 0 bridgehead atoms. The molecule has 1 rings (SSSR count). The first kappa shape index (κ1) is 16.8. The van der Waals surface area contributed by atoms with Crippen molar-refractivity contribution in [3.8, 4) is 5.75 Å². The second-order valence-electron chi connectivity index (χ2n) is 4.84. The minimum Gasteiger partial charge on any atom is -0.490 e. The van der Waals surface area contributed by atoms with Crippen molar-refractivity contribution in [1.29, 1.82) is 0 Å². The summed E-state index contributed by atoms with van der Waals surface area (Å²) in [5.41, 5.74) is -0.0872. The molecule has 1 atom stereocenters. The van der Waals surface area contributed by atoms with Gasteiger partial charge in [-0.3, -0.25) is 0 Å². The molecule has 0 aliphatic heterocycles. The Bertz CT molecular complexity index is 418.